The molecule has 1 fully saturated rings. The standard InChI is InChI=1S/C13H21ClN4/c1-8(18(4)11-5-6-11)7-15-13-9(2)12(14)16-10(3)17-13/h8,11H,5-7H2,1-4H3,(H,15,16,17). The maximum atomic E-state index is 6.06. The summed E-state index contributed by atoms with van der Waals surface area (Å²) in [5.74, 6) is 1.56. The summed E-state index contributed by atoms with van der Waals surface area (Å²) in [5.41, 5.74) is 0.920. The van der Waals surface area contributed by atoms with E-state index in [1.54, 1.807) is 0 Å². The van der Waals surface area contributed by atoms with Crippen molar-refractivity contribution in [1.82, 2.24) is 14.9 Å². The highest BCUT2D eigenvalue weighted by Gasteiger charge is 2.28. The van der Waals surface area contributed by atoms with Crippen LogP contribution >= 0.6 is 11.6 Å². The van der Waals surface area contributed by atoms with Gasteiger partial charge in [-0.1, -0.05) is 11.6 Å². The third-order valence-corrected chi connectivity index (χ3v) is 3.95. The van der Waals surface area contributed by atoms with E-state index in [4.69, 9.17) is 11.6 Å². The van der Waals surface area contributed by atoms with Crippen molar-refractivity contribution in [3.05, 3.63) is 16.5 Å². The molecule has 1 heterocycles. The van der Waals surface area contributed by atoms with Crippen molar-refractivity contribution in [2.24, 2.45) is 0 Å². The molecule has 1 N–H and O–H groups in total. The second kappa shape index (κ2) is 5.41. The molecule has 1 aromatic heterocycles. The first kappa shape index (κ1) is 13.6. The molecule has 2 rings (SSSR count). The van der Waals surface area contributed by atoms with Crippen molar-refractivity contribution in [3.63, 3.8) is 0 Å². The quantitative estimate of drug-likeness (QED) is 0.834. The van der Waals surface area contributed by atoms with Gasteiger partial charge in [0.1, 0.15) is 16.8 Å². The van der Waals surface area contributed by atoms with E-state index in [1.165, 1.54) is 12.8 Å². The molecule has 5 heteroatoms. The van der Waals surface area contributed by atoms with Crippen molar-refractivity contribution >= 4 is 17.4 Å². The Kier molecular flexibility index (Phi) is 4.07. The molecule has 1 aliphatic carbocycles. The summed E-state index contributed by atoms with van der Waals surface area (Å²) in [6, 6.07) is 1.27. The van der Waals surface area contributed by atoms with Gasteiger partial charge in [0.25, 0.3) is 0 Å². The number of hydrogen-bond donors (Lipinski definition) is 1. The zero-order valence-electron chi connectivity index (χ0n) is 11.5. The van der Waals surface area contributed by atoms with Gasteiger partial charge in [0.2, 0.25) is 0 Å². The van der Waals surface area contributed by atoms with Crippen LogP contribution < -0.4 is 5.32 Å². The molecule has 100 valence electrons. The SMILES string of the molecule is Cc1nc(Cl)c(C)c(NCC(C)N(C)C2CC2)n1. The van der Waals surface area contributed by atoms with Gasteiger partial charge in [0, 0.05) is 24.2 Å². The number of nitrogens with one attached hydrogen (secondary N) is 1. The fourth-order valence-electron chi connectivity index (χ4n) is 2.00. The van der Waals surface area contributed by atoms with Crippen LogP contribution in [0.25, 0.3) is 0 Å². The van der Waals surface area contributed by atoms with E-state index < -0.39 is 0 Å². The minimum Gasteiger partial charge on any atom is -0.368 e. The van der Waals surface area contributed by atoms with Gasteiger partial charge in [-0.3, -0.25) is 4.90 Å². The van der Waals surface area contributed by atoms with Crippen LogP contribution in [0.3, 0.4) is 0 Å². The monoisotopic (exact) mass is 268 g/mol. The molecule has 1 aliphatic rings. The van der Waals surface area contributed by atoms with Gasteiger partial charge in [0.15, 0.2) is 0 Å². The lowest BCUT2D eigenvalue weighted by atomic mass is 10.2. The zero-order valence-corrected chi connectivity index (χ0v) is 12.3. The number of halogens is 1. The highest BCUT2D eigenvalue weighted by Crippen LogP contribution is 2.27. The number of aryl methyl sites for hydroxylation is 1. The van der Waals surface area contributed by atoms with Crippen LogP contribution in [0.1, 0.15) is 31.2 Å². The summed E-state index contributed by atoms with van der Waals surface area (Å²) in [7, 11) is 2.19. The predicted molar refractivity (Wildman–Crippen MR) is 75.3 cm³/mol. The first-order chi connectivity index (χ1) is 8.49. The van der Waals surface area contributed by atoms with Gasteiger partial charge in [-0.2, -0.15) is 0 Å². The number of likely N-dealkylation sites (N-methyl/N-ethyl adjacent to an activating group) is 1. The van der Waals surface area contributed by atoms with E-state index >= 15 is 0 Å². The molecule has 0 radical (unpaired) electrons. The summed E-state index contributed by atoms with van der Waals surface area (Å²) in [4.78, 5) is 11.0. The first-order valence-corrected chi connectivity index (χ1v) is 6.83. The predicted octanol–water partition coefficient (Wildman–Crippen LogP) is 2.64. The second-order valence-corrected chi connectivity index (χ2v) is 5.52. The Labute approximate surface area is 114 Å². The number of rotatable bonds is 5. The molecule has 1 atom stereocenters. The molecule has 0 bridgehead atoms. The number of aromatic nitrogens is 2. The molecule has 1 unspecified atom stereocenters. The Morgan fingerprint density at radius 1 is 1.39 bits per heavy atom. The lowest BCUT2D eigenvalue weighted by Gasteiger charge is -2.25. The number of nitrogens with zero attached hydrogens (tertiary/aromatic N) is 3. The summed E-state index contributed by atoms with van der Waals surface area (Å²) in [6.45, 7) is 6.91. The number of hydrogen-bond acceptors (Lipinski definition) is 4. The minimum absolute atomic E-state index is 0.492. The highest BCUT2D eigenvalue weighted by molar-refractivity contribution is 6.30. The smallest absolute Gasteiger partial charge is 0.137 e. The lowest BCUT2D eigenvalue weighted by Crippen LogP contribution is -2.36. The van der Waals surface area contributed by atoms with Crippen molar-refractivity contribution in [1.29, 1.82) is 0 Å². The van der Waals surface area contributed by atoms with E-state index in [0.29, 0.717) is 17.0 Å². The first-order valence-electron chi connectivity index (χ1n) is 6.45. The van der Waals surface area contributed by atoms with Crippen molar-refractivity contribution in [2.45, 2.75) is 45.7 Å². The molecule has 0 saturated heterocycles. The van der Waals surface area contributed by atoms with Crippen LogP contribution in [0.5, 0.6) is 0 Å². The van der Waals surface area contributed by atoms with Crippen LogP contribution in [0.2, 0.25) is 5.15 Å². The number of anilines is 1. The lowest BCUT2D eigenvalue weighted by molar-refractivity contribution is 0.257. The normalized spacial score (nSPS) is 17.0. The molecule has 18 heavy (non-hydrogen) atoms. The van der Waals surface area contributed by atoms with Crippen LogP contribution in [-0.4, -0.2) is 40.5 Å². The fraction of sp³-hybridized carbons (Fsp3) is 0.692. The molecule has 0 aromatic carbocycles. The topological polar surface area (TPSA) is 41.1 Å². The Bertz CT molecular complexity index is 431. The molecular formula is C13H21ClN4. The highest BCUT2D eigenvalue weighted by atomic mass is 35.5. The van der Waals surface area contributed by atoms with Crippen molar-refractivity contribution < 1.29 is 0 Å². The zero-order chi connectivity index (χ0) is 13.3. The van der Waals surface area contributed by atoms with E-state index in [2.05, 4.69) is 34.2 Å². The Balaban J connectivity index is 1.97. The van der Waals surface area contributed by atoms with E-state index in [0.717, 1.165) is 24.0 Å². The largest absolute Gasteiger partial charge is 0.368 e. The summed E-state index contributed by atoms with van der Waals surface area (Å²) >= 11 is 6.06. The molecule has 0 aliphatic heterocycles. The van der Waals surface area contributed by atoms with Gasteiger partial charge < -0.3 is 5.32 Å². The van der Waals surface area contributed by atoms with Crippen LogP contribution in [0.15, 0.2) is 0 Å². The maximum absolute atomic E-state index is 6.06. The average Bonchev–Trinajstić information content (AvgIpc) is 3.14. The van der Waals surface area contributed by atoms with Gasteiger partial charge in [0.05, 0.1) is 0 Å². The molecule has 0 amide bonds. The van der Waals surface area contributed by atoms with Gasteiger partial charge >= 0.3 is 0 Å². The summed E-state index contributed by atoms with van der Waals surface area (Å²) in [5, 5.41) is 3.92. The second-order valence-electron chi connectivity index (χ2n) is 5.16. The van der Waals surface area contributed by atoms with E-state index in [9.17, 15) is 0 Å². The fourth-order valence-corrected chi connectivity index (χ4v) is 2.21. The third-order valence-electron chi connectivity index (χ3n) is 3.58. The molecule has 4 nitrogen and oxygen atoms in total. The van der Waals surface area contributed by atoms with Crippen molar-refractivity contribution in [3.8, 4) is 0 Å². The van der Waals surface area contributed by atoms with Crippen LogP contribution in [0, 0.1) is 13.8 Å². The Morgan fingerprint density at radius 3 is 2.67 bits per heavy atom. The summed E-state index contributed by atoms with van der Waals surface area (Å²) in [6.07, 6.45) is 2.66. The van der Waals surface area contributed by atoms with Gasteiger partial charge in [-0.15, -0.1) is 0 Å². The summed E-state index contributed by atoms with van der Waals surface area (Å²) < 4.78 is 0. The maximum Gasteiger partial charge on any atom is 0.137 e. The molecule has 1 saturated carbocycles. The molecular weight excluding hydrogens is 248 g/mol. The van der Waals surface area contributed by atoms with Crippen LogP contribution in [-0.2, 0) is 0 Å². The molecule has 1 aromatic rings. The Morgan fingerprint density at radius 2 is 2.06 bits per heavy atom. The van der Waals surface area contributed by atoms with E-state index in [-0.39, 0.29) is 0 Å². The van der Waals surface area contributed by atoms with E-state index in [1.807, 2.05) is 13.8 Å². The third kappa shape index (κ3) is 3.12. The average molecular weight is 269 g/mol. The molecule has 0 spiro atoms. The van der Waals surface area contributed by atoms with Gasteiger partial charge in [-0.05, 0) is 40.7 Å². The van der Waals surface area contributed by atoms with Gasteiger partial charge in [-0.25, -0.2) is 9.97 Å². The Hall–Kier alpha value is -0.870. The van der Waals surface area contributed by atoms with Crippen molar-refractivity contribution in [2.75, 3.05) is 18.9 Å². The minimum atomic E-state index is 0.492. The van der Waals surface area contributed by atoms with Crippen LogP contribution in [0.4, 0.5) is 5.82 Å².